The summed E-state index contributed by atoms with van der Waals surface area (Å²) in [5, 5.41) is 14.7. The lowest BCUT2D eigenvalue weighted by molar-refractivity contribution is -0.124. The van der Waals surface area contributed by atoms with Gasteiger partial charge in [0, 0.05) is 25.2 Å². The maximum Gasteiger partial charge on any atom is 0.258 e. The molecule has 1 unspecified atom stereocenters. The number of carbonyl (C=O) groups excluding carboxylic acids is 2. The molecule has 0 aromatic heterocycles. The smallest absolute Gasteiger partial charge is 0.258 e. The van der Waals surface area contributed by atoms with Gasteiger partial charge >= 0.3 is 0 Å². The predicted molar refractivity (Wildman–Crippen MR) is 105 cm³/mol. The molecule has 7 nitrogen and oxygen atoms in total. The van der Waals surface area contributed by atoms with Crippen LogP contribution in [0.4, 0.5) is 13.2 Å². The number of ether oxygens (including phenoxy) is 2. The molecule has 2 aromatic carbocycles. The quantitative estimate of drug-likeness (QED) is 0.478. The molecule has 0 heterocycles. The summed E-state index contributed by atoms with van der Waals surface area (Å²) < 4.78 is 49.3. The molecular weight excluding hydrogens is 441 g/mol. The van der Waals surface area contributed by atoms with Crippen molar-refractivity contribution in [2.24, 2.45) is 0 Å². The molecule has 0 aliphatic heterocycles. The van der Waals surface area contributed by atoms with E-state index < -0.39 is 42.0 Å². The largest absolute Gasteiger partial charge is 0.484 e. The molecule has 0 fully saturated rings. The average molecular weight is 461 g/mol. The first-order valence-electron chi connectivity index (χ1n) is 9.11. The van der Waals surface area contributed by atoms with Crippen molar-refractivity contribution in [3.05, 3.63) is 58.9 Å². The number of halogens is 4. The number of hydrogen-bond acceptors (Lipinski definition) is 5. The number of nitrogens with one attached hydrogen (secondary N) is 2. The Morgan fingerprint density at radius 3 is 2.10 bits per heavy atom. The summed E-state index contributed by atoms with van der Waals surface area (Å²) in [5.41, 5.74) is 0. The fourth-order valence-electron chi connectivity index (χ4n) is 2.25. The second-order valence-electron chi connectivity index (χ2n) is 6.33. The van der Waals surface area contributed by atoms with Gasteiger partial charge in [0.05, 0.1) is 11.1 Å². The van der Waals surface area contributed by atoms with Gasteiger partial charge in [0.25, 0.3) is 11.8 Å². The van der Waals surface area contributed by atoms with Crippen molar-refractivity contribution in [3.63, 3.8) is 0 Å². The van der Waals surface area contributed by atoms with Gasteiger partial charge in [0.1, 0.15) is 17.3 Å². The summed E-state index contributed by atoms with van der Waals surface area (Å²) in [6.07, 6.45) is -0.801. The average Bonchev–Trinajstić information content (AvgIpc) is 2.74. The molecule has 11 heteroatoms. The first-order chi connectivity index (χ1) is 14.7. The van der Waals surface area contributed by atoms with Crippen molar-refractivity contribution < 1.29 is 37.3 Å². The third-order valence-corrected chi connectivity index (χ3v) is 4.16. The van der Waals surface area contributed by atoms with Crippen LogP contribution in [0.1, 0.15) is 6.42 Å². The summed E-state index contributed by atoms with van der Waals surface area (Å²) in [4.78, 5) is 23.4. The summed E-state index contributed by atoms with van der Waals surface area (Å²) >= 11 is 5.55. The summed E-state index contributed by atoms with van der Waals surface area (Å²) in [6.45, 7) is -0.789. The number of benzene rings is 2. The Kier molecular flexibility index (Phi) is 9.41. The van der Waals surface area contributed by atoms with Gasteiger partial charge in [0.2, 0.25) is 0 Å². The lowest BCUT2D eigenvalue weighted by Gasteiger charge is -2.13. The molecule has 3 N–H and O–H groups in total. The van der Waals surface area contributed by atoms with Gasteiger partial charge in [-0.1, -0.05) is 11.6 Å². The highest BCUT2D eigenvalue weighted by atomic mass is 35.5. The van der Waals surface area contributed by atoms with E-state index in [0.717, 1.165) is 18.2 Å². The van der Waals surface area contributed by atoms with Crippen LogP contribution >= 0.6 is 11.6 Å². The van der Waals surface area contributed by atoms with E-state index in [0.29, 0.717) is 0 Å². The SMILES string of the molecule is O=C(COc1ccc(F)c(F)c1)NCCC(O)CNC(=O)COc1ccc(Cl)c(F)c1. The minimum Gasteiger partial charge on any atom is -0.484 e. The van der Waals surface area contributed by atoms with E-state index in [9.17, 15) is 27.9 Å². The van der Waals surface area contributed by atoms with Crippen molar-refractivity contribution >= 4 is 23.4 Å². The van der Waals surface area contributed by atoms with Gasteiger partial charge in [-0.2, -0.15) is 0 Å². The summed E-state index contributed by atoms with van der Waals surface area (Å²) in [5.74, 6) is -3.71. The van der Waals surface area contributed by atoms with E-state index in [4.69, 9.17) is 21.1 Å². The van der Waals surface area contributed by atoms with Gasteiger partial charge < -0.3 is 25.2 Å². The zero-order chi connectivity index (χ0) is 22.8. The van der Waals surface area contributed by atoms with Crippen LogP contribution in [-0.4, -0.2) is 49.3 Å². The Morgan fingerprint density at radius 2 is 1.48 bits per heavy atom. The number of carbonyl (C=O) groups is 2. The standard InChI is InChI=1S/C20H20ClF3N2O5/c21-15-3-1-13(7-17(15)23)31-11-20(29)26-9-12(27)5-6-25-19(28)10-30-14-2-4-16(22)18(24)8-14/h1-4,7-8,12,27H,5-6,9-11H2,(H,25,28)(H,26,29). The Bertz CT molecular complexity index is 916. The maximum absolute atomic E-state index is 13.3. The van der Waals surface area contributed by atoms with Crippen molar-refractivity contribution in [2.45, 2.75) is 12.5 Å². The molecular formula is C20H20ClF3N2O5. The minimum absolute atomic E-state index is 0.000328. The number of aliphatic hydroxyl groups excluding tert-OH is 1. The molecule has 2 amide bonds. The third-order valence-electron chi connectivity index (χ3n) is 3.86. The normalized spacial score (nSPS) is 11.5. The molecule has 0 aliphatic rings. The van der Waals surface area contributed by atoms with E-state index in [1.165, 1.54) is 18.2 Å². The first-order valence-corrected chi connectivity index (χ1v) is 9.49. The van der Waals surface area contributed by atoms with Crippen LogP contribution in [-0.2, 0) is 9.59 Å². The molecule has 168 valence electrons. The Balaban J connectivity index is 1.57. The zero-order valence-electron chi connectivity index (χ0n) is 16.2. The number of hydrogen-bond donors (Lipinski definition) is 3. The first kappa shape index (κ1) is 24.3. The highest BCUT2D eigenvalue weighted by molar-refractivity contribution is 6.30. The molecule has 0 saturated heterocycles. The van der Waals surface area contributed by atoms with Crippen LogP contribution in [0.5, 0.6) is 11.5 Å². The van der Waals surface area contributed by atoms with Crippen LogP contribution in [0.15, 0.2) is 36.4 Å². The molecule has 0 radical (unpaired) electrons. The zero-order valence-corrected chi connectivity index (χ0v) is 16.9. The molecule has 0 aliphatic carbocycles. The van der Waals surface area contributed by atoms with E-state index in [2.05, 4.69) is 10.6 Å². The maximum atomic E-state index is 13.3. The molecule has 2 aromatic rings. The fraction of sp³-hybridized carbons (Fsp3) is 0.300. The topological polar surface area (TPSA) is 96.9 Å². The van der Waals surface area contributed by atoms with Crippen molar-refractivity contribution in [2.75, 3.05) is 26.3 Å². The summed E-state index contributed by atoms with van der Waals surface area (Å²) in [7, 11) is 0. The van der Waals surface area contributed by atoms with E-state index in [1.54, 1.807) is 0 Å². The Labute approximate surface area is 181 Å². The van der Waals surface area contributed by atoms with Crippen LogP contribution < -0.4 is 20.1 Å². The predicted octanol–water partition coefficient (Wildman–Crippen LogP) is 2.20. The van der Waals surface area contributed by atoms with Gasteiger partial charge in [-0.3, -0.25) is 9.59 Å². The molecule has 0 spiro atoms. The second kappa shape index (κ2) is 12.0. The van der Waals surface area contributed by atoms with Gasteiger partial charge in [0.15, 0.2) is 24.8 Å². The number of rotatable bonds is 11. The van der Waals surface area contributed by atoms with Gasteiger partial charge in [-0.05, 0) is 30.7 Å². The minimum atomic E-state index is -1.09. The fourth-order valence-corrected chi connectivity index (χ4v) is 2.36. The molecule has 0 saturated carbocycles. The monoisotopic (exact) mass is 460 g/mol. The molecule has 2 rings (SSSR count). The van der Waals surface area contributed by atoms with E-state index in [-0.39, 0.29) is 42.6 Å². The molecule has 1 atom stereocenters. The van der Waals surface area contributed by atoms with Gasteiger partial charge in [-0.25, -0.2) is 13.2 Å². The van der Waals surface area contributed by atoms with E-state index in [1.807, 2.05) is 0 Å². The Hall–Kier alpha value is -2.98. The van der Waals surface area contributed by atoms with Crippen LogP contribution in [0, 0.1) is 17.5 Å². The van der Waals surface area contributed by atoms with Crippen LogP contribution in [0.25, 0.3) is 0 Å². The number of amides is 2. The van der Waals surface area contributed by atoms with E-state index >= 15 is 0 Å². The third kappa shape index (κ3) is 8.73. The lowest BCUT2D eigenvalue weighted by Crippen LogP contribution is -2.37. The van der Waals surface area contributed by atoms with Crippen LogP contribution in [0.3, 0.4) is 0 Å². The van der Waals surface area contributed by atoms with Crippen molar-refractivity contribution in [1.29, 1.82) is 0 Å². The number of aliphatic hydroxyl groups is 1. The lowest BCUT2D eigenvalue weighted by atomic mass is 10.2. The molecule has 31 heavy (non-hydrogen) atoms. The highest BCUT2D eigenvalue weighted by Crippen LogP contribution is 2.20. The molecule has 0 bridgehead atoms. The van der Waals surface area contributed by atoms with Crippen molar-refractivity contribution in [1.82, 2.24) is 10.6 Å². The summed E-state index contributed by atoms with van der Waals surface area (Å²) in [6, 6.07) is 6.64. The highest BCUT2D eigenvalue weighted by Gasteiger charge is 2.10. The Morgan fingerprint density at radius 1 is 0.903 bits per heavy atom. The second-order valence-corrected chi connectivity index (χ2v) is 6.73. The van der Waals surface area contributed by atoms with Gasteiger partial charge in [-0.15, -0.1) is 0 Å². The van der Waals surface area contributed by atoms with Crippen LogP contribution in [0.2, 0.25) is 5.02 Å². The van der Waals surface area contributed by atoms with Crippen molar-refractivity contribution in [3.8, 4) is 11.5 Å².